The standard InChI is InChI=1S/C16H15ClO/c1-12(18)16(14-5-3-2-4-6-14)11-13-7-9-15(17)10-8-13/h2-12,18H,1H3/b16-11+. The van der Waals surface area contributed by atoms with Gasteiger partial charge in [0.05, 0.1) is 6.10 Å². The average molecular weight is 259 g/mol. The molecule has 2 heteroatoms. The van der Waals surface area contributed by atoms with Crippen molar-refractivity contribution in [3.05, 3.63) is 70.7 Å². The molecule has 2 aromatic carbocycles. The van der Waals surface area contributed by atoms with Crippen molar-refractivity contribution in [3.63, 3.8) is 0 Å². The van der Waals surface area contributed by atoms with Gasteiger partial charge in [0.15, 0.2) is 0 Å². The van der Waals surface area contributed by atoms with Crippen LogP contribution >= 0.6 is 11.6 Å². The Balaban J connectivity index is 2.39. The van der Waals surface area contributed by atoms with Crippen LogP contribution in [-0.2, 0) is 0 Å². The fraction of sp³-hybridized carbons (Fsp3) is 0.125. The lowest BCUT2D eigenvalue weighted by Crippen LogP contribution is -2.03. The van der Waals surface area contributed by atoms with Gasteiger partial charge in [0.25, 0.3) is 0 Å². The van der Waals surface area contributed by atoms with Crippen LogP contribution in [0.15, 0.2) is 54.6 Å². The molecule has 0 saturated heterocycles. The second kappa shape index (κ2) is 5.85. The number of hydrogen-bond acceptors (Lipinski definition) is 1. The SMILES string of the molecule is CC(O)/C(=C\c1ccc(Cl)cc1)c1ccccc1. The zero-order valence-corrected chi connectivity index (χ0v) is 10.9. The van der Waals surface area contributed by atoms with Crippen LogP contribution in [0, 0.1) is 0 Å². The maximum atomic E-state index is 9.89. The molecule has 1 N–H and O–H groups in total. The van der Waals surface area contributed by atoms with E-state index in [4.69, 9.17) is 11.6 Å². The molecule has 0 fully saturated rings. The van der Waals surface area contributed by atoms with Gasteiger partial charge >= 0.3 is 0 Å². The van der Waals surface area contributed by atoms with E-state index in [1.807, 2.05) is 60.7 Å². The first-order chi connectivity index (χ1) is 8.66. The zero-order chi connectivity index (χ0) is 13.0. The topological polar surface area (TPSA) is 20.2 Å². The van der Waals surface area contributed by atoms with Gasteiger partial charge in [0.2, 0.25) is 0 Å². The molecule has 0 amide bonds. The number of hydrogen-bond donors (Lipinski definition) is 1. The lowest BCUT2D eigenvalue weighted by molar-refractivity contribution is 0.254. The Bertz CT molecular complexity index is 527. The Morgan fingerprint density at radius 3 is 2.22 bits per heavy atom. The molecule has 0 aliphatic carbocycles. The summed E-state index contributed by atoms with van der Waals surface area (Å²) >= 11 is 5.86. The molecule has 0 saturated carbocycles. The van der Waals surface area contributed by atoms with Gasteiger partial charge in [-0.3, -0.25) is 0 Å². The second-order valence-corrected chi connectivity index (χ2v) is 4.63. The van der Waals surface area contributed by atoms with Crippen molar-refractivity contribution in [1.82, 2.24) is 0 Å². The molecule has 2 rings (SSSR count). The molecule has 1 nitrogen and oxygen atoms in total. The van der Waals surface area contributed by atoms with Gasteiger partial charge < -0.3 is 5.11 Å². The summed E-state index contributed by atoms with van der Waals surface area (Å²) in [4.78, 5) is 0. The summed E-state index contributed by atoms with van der Waals surface area (Å²) in [5.41, 5.74) is 2.96. The van der Waals surface area contributed by atoms with Crippen LogP contribution in [0.1, 0.15) is 18.1 Å². The van der Waals surface area contributed by atoms with Crippen molar-refractivity contribution < 1.29 is 5.11 Å². The molecule has 0 aliphatic heterocycles. The van der Waals surface area contributed by atoms with Crippen LogP contribution in [0.25, 0.3) is 11.6 Å². The van der Waals surface area contributed by atoms with Gasteiger partial charge in [-0.25, -0.2) is 0 Å². The number of rotatable bonds is 3. The van der Waals surface area contributed by atoms with Crippen LogP contribution in [0.3, 0.4) is 0 Å². The second-order valence-electron chi connectivity index (χ2n) is 4.19. The Morgan fingerprint density at radius 1 is 1.06 bits per heavy atom. The summed E-state index contributed by atoms with van der Waals surface area (Å²) in [5.74, 6) is 0. The van der Waals surface area contributed by atoms with E-state index in [-0.39, 0.29) is 0 Å². The van der Waals surface area contributed by atoms with E-state index < -0.39 is 6.10 Å². The first-order valence-corrected chi connectivity index (χ1v) is 6.25. The highest BCUT2D eigenvalue weighted by Crippen LogP contribution is 2.22. The lowest BCUT2D eigenvalue weighted by atomic mass is 9.99. The third-order valence-corrected chi connectivity index (χ3v) is 3.00. The molecule has 0 spiro atoms. The molecule has 0 radical (unpaired) electrons. The summed E-state index contributed by atoms with van der Waals surface area (Å²) in [7, 11) is 0. The third-order valence-electron chi connectivity index (χ3n) is 2.75. The van der Waals surface area contributed by atoms with E-state index in [0.717, 1.165) is 16.7 Å². The van der Waals surface area contributed by atoms with Crippen LogP contribution in [-0.4, -0.2) is 11.2 Å². The van der Waals surface area contributed by atoms with E-state index in [1.165, 1.54) is 0 Å². The van der Waals surface area contributed by atoms with Crippen molar-refractivity contribution in [3.8, 4) is 0 Å². The Hall–Kier alpha value is -1.57. The number of benzene rings is 2. The minimum atomic E-state index is -0.511. The molecule has 18 heavy (non-hydrogen) atoms. The van der Waals surface area contributed by atoms with Gasteiger partial charge in [-0.15, -0.1) is 0 Å². The molecule has 92 valence electrons. The smallest absolute Gasteiger partial charge is 0.0767 e. The Morgan fingerprint density at radius 2 is 1.67 bits per heavy atom. The summed E-state index contributed by atoms with van der Waals surface area (Å²) in [5, 5.41) is 10.6. The predicted molar refractivity (Wildman–Crippen MR) is 77.4 cm³/mol. The van der Waals surface area contributed by atoms with Crippen molar-refractivity contribution in [1.29, 1.82) is 0 Å². The fourth-order valence-electron chi connectivity index (χ4n) is 1.81. The maximum Gasteiger partial charge on any atom is 0.0767 e. The summed E-state index contributed by atoms with van der Waals surface area (Å²) < 4.78 is 0. The van der Waals surface area contributed by atoms with Crippen molar-refractivity contribution >= 4 is 23.3 Å². The zero-order valence-electron chi connectivity index (χ0n) is 10.2. The predicted octanol–water partition coefficient (Wildman–Crippen LogP) is 4.26. The van der Waals surface area contributed by atoms with Gasteiger partial charge in [-0.1, -0.05) is 54.1 Å². The van der Waals surface area contributed by atoms with Gasteiger partial charge in [0, 0.05) is 5.02 Å². The molecule has 1 atom stereocenters. The first kappa shape index (κ1) is 12.9. The molecule has 0 aliphatic rings. The van der Waals surface area contributed by atoms with E-state index >= 15 is 0 Å². The number of halogens is 1. The largest absolute Gasteiger partial charge is 0.389 e. The highest BCUT2D eigenvalue weighted by Gasteiger charge is 2.07. The van der Waals surface area contributed by atoms with Crippen LogP contribution in [0.4, 0.5) is 0 Å². The molecule has 0 aromatic heterocycles. The highest BCUT2D eigenvalue weighted by molar-refractivity contribution is 6.30. The van der Waals surface area contributed by atoms with Crippen molar-refractivity contribution in [2.75, 3.05) is 0 Å². The molecule has 1 unspecified atom stereocenters. The summed E-state index contributed by atoms with van der Waals surface area (Å²) in [6, 6.07) is 17.5. The lowest BCUT2D eigenvalue weighted by Gasteiger charge is -2.11. The fourth-order valence-corrected chi connectivity index (χ4v) is 1.94. The quantitative estimate of drug-likeness (QED) is 0.816. The minimum Gasteiger partial charge on any atom is -0.389 e. The molecule has 0 bridgehead atoms. The maximum absolute atomic E-state index is 9.89. The average Bonchev–Trinajstić information content (AvgIpc) is 2.38. The van der Waals surface area contributed by atoms with Crippen molar-refractivity contribution in [2.24, 2.45) is 0 Å². The number of aliphatic hydroxyl groups is 1. The molecule has 2 aromatic rings. The normalized spacial score (nSPS) is 13.4. The Labute approximate surface area is 112 Å². The molecular formula is C16H15ClO. The summed E-state index contributed by atoms with van der Waals surface area (Å²) in [6.45, 7) is 1.77. The highest BCUT2D eigenvalue weighted by atomic mass is 35.5. The minimum absolute atomic E-state index is 0.511. The molecule has 0 heterocycles. The third kappa shape index (κ3) is 3.22. The van der Waals surface area contributed by atoms with Crippen molar-refractivity contribution in [2.45, 2.75) is 13.0 Å². The van der Waals surface area contributed by atoms with Gasteiger partial charge in [-0.2, -0.15) is 0 Å². The monoisotopic (exact) mass is 258 g/mol. The van der Waals surface area contributed by atoms with E-state index in [1.54, 1.807) is 6.92 Å². The van der Waals surface area contributed by atoms with E-state index in [9.17, 15) is 5.11 Å². The summed E-state index contributed by atoms with van der Waals surface area (Å²) in [6.07, 6.45) is 1.47. The van der Waals surface area contributed by atoms with Gasteiger partial charge in [0.1, 0.15) is 0 Å². The van der Waals surface area contributed by atoms with Gasteiger partial charge in [-0.05, 0) is 41.8 Å². The van der Waals surface area contributed by atoms with E-state index in [2.05, 4.69) is 0 Å². The molecular weight excluding hydrogens is 244 g/mol. The van der Waals surface area contributed by atoms with Crippen LogP contribution in [0.2, 0.25) is 5.02 Å². The van der Waals surface area contributed by atoms with E-state index in [0.29, 0.717) is 5.02 Å². The van der Waals surface area contributed by atoms with Crippen LogP contribution in [0.5, 0.6) is 0 Å². The first-order valence-electron chi connectivity index (χ1n) is 5.87. The Kier molecular flexibility index (Phi) is 4.19. The van der Waals surface area contributed by atoms with Crippen LogP contribution < -0.4 is 0 Å². The number of aliphatic hydroxyl groups excluding tert-OH is 1.